The van der Waals surface area contributed by atoms with E-state index in [4.69, 9.17) is 5.21 Å². The number of hydrogen-bond acceptors (Lipinski definition) is 3. The molecule has 0 atom stereocenters. The smallest absolute Gasteiger partial charge is 0.274 e. The molecular weight excluding hydrogens is 302 g/mol. The molecule has 0 aliphatic rings. The van der Waals surface area contributed by atoms with Gasteiger partial charge in [0, 0.05) is 24.2 Å². The first-order chi connectivity index (χ1) is 10.9. The number of hydroxylamine groups is 1. The number of amides is 1. The largest absolute Gasteiger partial charge is 0.312 e. The van der Waals surface area contributed by atoms with Crippen LogP contribution in [0.3, 0.4) is 0 Å². The van der Waals surface area contributed by atoms with Crippen LogP contribution in [0.5, 0.6) is 0 Å². The zero-order valence-electron chi connectivity index (χ0n) is 13.6. The molecule has 23 heavy (non-hydrogen) atoms. The first kappa shape index (κ1) is 19.3. The summed E-state index contributed by atoms with van der Waals surface area (Å²) in [4.78, 5) is 11.2. The van der Waals surface area contributed by atoms with Crippen molar-refractivity contribution in [2.24, 2.45) is 5.41 Å². The van der Waals surface area contributed by atoms with Gasteiger partial charge in [-0.15, -0.1) is 6.58 Å². The summed E-state index contributed by atoms with van der Waals surface area (Å²) in [5.41, 5.74) is 0.975. The molecule has 1 rings (SSSR count). The Morgan fingerprint density at radius 2 is 1.87 bits per heavy atom. The summed E-state index contributed by atoms with van der Waals surface area (Å²) >= 11 is 0. The molecule has 0 aliphatic carbocycles. The average molecular weight is 326 g/mol. The molecule has 0 saturated carbocycles. The summed E-state index contributed by atoms with van der Waals surface area (Å²) < 4.78 is 28.0. The second-order valence-corrected chi connectivity index (χ2v) is 5.66. The van der Waals surface area contributed by atoms with Gasteiger partial charge in [0.05, 0.1) is 0 Å². The van der Waals surface area contributed by atoms with Crippen molar-refractivity contribution in [3.63, 3.8) is 0 Å². The third kappa shape index (κ3) is 4.84. The van der Waals surface area contributed by atoms with Crippen molar-refractivity contribution < 1.29 is 18.8 Å². The maximum absolute atomic E-state index is 14.0. The van der Waals surface area contributed by atoms with E-state index in [2.05, 4.69) is 25.7 Å². The van der Waals surface area contributed by atoms with Gasteiger partial charge in [0.1, 0.15) is 11.6 Å². The Bertz CT molecular complexity index is 535. The molecule has 6 heteroatoms. The lowest BCUT2D eigenvalue weighted by molar-refractivity contribution is 0.0705. The maximum atomic E-state index is 14.0. The number of halogens is 2. The van der Waals surface area contributed by atoms with Crippen molar-refractivity contribution in [3.05, 3.63) is 47.5 Å². The van der Waals surface area contributed by atoms with Gasteiger partial charge in [-0.2, -0.15) is 0 Å². The van der Waals surface area contributed by atoms with Gasteiger partial charge in [-0.05, 0) is 36.8 Å². The molecule has 0 heterocycles. The zero-order valence-corrected chi connectivity index (χ0v) is 13.6. The first-order valence-electron chi connectivity index (χ1n) is 7.67. The third-order valence-corrected chi connectivity index (χ3v) is 4.38. The van der Waals surface area contributed by atoms with Crippen LogP contribution in [0.1, 0.15) is 49.0 Å². The second kappa shape index (κ2) is 8.74. The van der Waals surface area contributed by atoms with Gasteiger partial charge in [0.15, 0.2) is 0 Å². The molecule has 4 nitrogen and oxygen atoms in total. The van der Waals surface area contributed by atoms with Gasteiger partial charge in [-0.1, -0.05) is 19.9 Å². The van der Waals surface area contributed by atoms with Crippen LogP contribution in [-0.2, 0) is 6.54 Å². The van der Waals surface area contributed by atoms with E-state index in [1.165, 1.54) is 5.48 Å². The monoisotopic (exact) mass is 326 g/mol. The predicted octanol–water partition coefficient (Wildman–Crippen LogP) is 3.56. The van der Waals surface area contributed by atoms with Gasteiger partial charge in [0.25, 0.3) is 5.91 Å². The molecule has 1 amide bonds. The molecule has 0 unspecified atom stereocenters. The standard InChI is InChI=1S/C17H24F2N2O2/c1-4-7-17(5-2,6-3)11-20-10-13-14(18)8-12(9-15(13)19)16(22)21-23/h4,8-9,20,23H,1,5-7,10-11H2,2-3H3,(H,21,22). The topological polar surface area (TPSA) is 61.4 Å². The van der Waals surface area contributed by atoms with Crippen molar-refractivity contribution in [1.29, 1.82) is 0 Å². The maximum Gasteiger partial charge on any atom is 0.274 e. The Labute approximate surface area is 135 Å². The lowest BCUT2D eigenvalue weighted by Gasteiger charge is -2.31. The van der Waals surface area contributed by atoms with Gasteiger partial charge in [-0.25, -0.2) is 14.3 Å². The van der Waals surface area contributed by atoms with Crippen LogP contribution in [-0.4, -0.2) is 17.7 Å². The number of rotatable bonds is 9. The van der Waals surface area contributed by atoms with Crippen molar-refractivity contribution in [2.75, 3.05) is 6.54 Å². The number of carbonyl (C=O) groups excluding carboxylic acids is 1. The van der Waals surface area contributed by atoms with Gasteiger partial charge in [-0.3, -0.25) is 10.0 Å². The van der Waals surface area contributed by atoms with Crippen LogP contribution in [0.15, 0.2) is 24.8 Å². The summed E-state index contributed by atoms with van der Waals surface area (Å²) in [5.74, 6) is -2.60. The van der Waals surface area contributed by atoms with Crippen LogP contribution in [0.25, 0.3) is 0 Å². The molecule has 0 radical (unpaired) electrons. The van der Waals surface area contributed by atoms with Crippen molar-refractivity contribution in [1.82, 2.24) is 10.8 Å². The minimum absolute atomic E-state index is 0.0193. The highest BCUT2D eigenvalue weighted by molar-refractivity contribution is 5.93. The lowest BCUT2D eigenvalue weighted by atomic mass is 9.79. The quantitative estimate of drug-likeness (QED) is 0.369. The van der Waals surface area contributed by atoms with Crippen molar-refractivity contribution in [2.45, 2.75) is 39.7 Å². The molecule has 1 aromatic carbocycles. The highest BCUT2D eigenvalue weighted by Crippen LogP contribution is 2.30. The highest BCUT2D eigenvalue weighted by atomic mass is 19.1. The molecule has 3 N–H and O–H groups in total. The molecule has 0 saturated heterocycles. The number of benzene rings is 1. The molecule has 0 fully saturated rings. The van der Waals surface area contributed by atoms with E-state index in [-0.39, 0.29) is 23.1 Å². The molecule has 1 aromatic rings. The minimum atomic E-state index is -0.954. The summed E-state index contributed by atoms with van der Waals surface area (Å²) in [6.45, 7) is 8.57. The van der Waals surface area contributed by atoms with Crippen LogP contribution in [0.4, 0.5) is 8.78 Å². The molecule has 0 aliphatic heterocycles. The van der Waals surface area contributed by atoms with E-state index in [1.54, 1.807) is 0 Å². The fourth-order valence-corrected chi connectivity index (χ4v) is 2.59. The fourth-order valence-electron chi connectivity index (χ4n) is 2.59. The summed E-state index contributed by atoms with van der Waals surface area (Å²) in [6, 6.07) is 1.81. The fraction of sp³-hybridized carbons (Fsp3) is 0.471. The van der Waals surface area contributed by atoms with E-state index in [0.717, 1.165) is 31.4 Å². The molecule has 128 valence electrons. The SMILES string of the molecule is C=CCC(CC)(CC)CNCc1c(F)cc(C(=O)NO)cc1F. The lowest BCUT2D eigenvalue weighted by Crippen LogP contribution is -2.33. The van der Waals surface area contributed by atoms with E-state index in [1.807, 2.05) is 6.08 Å². The highest BCUT2D eigenvalue weighted by Gasteiger charge is 2.24. The molecule has 0 aromatic heterocycles. The predicted molar refractivity (Wildman–Crippen MR) is 85.1 cm³/mol. The van der Waals surface area contributed by atoms with Gasteiger partial charge in [0.2, 0.25) is 0 Å². The number of carbonyl (C=O) groups is 1. The van der Waals surface area contributed by atoms with Crippen LogP contribution in [0.2, 0.25) is 0 Å². The summed E-state index contributed by atoms with van der Waals surface area (Å²) in [5, 5.41) is 11.6. The normalized spacial score (nSPS) is 11.3. The minimum Gasteiger partial charge on any atom is -0.312 e. The number of allylic oxidation sites excluding steroid dienone is 1. The second-order valence-electron chi connectivity index (χ2n) is 5.66. The summed E-state index contributed by atoms with van der Waals surface area (Å²) in [7, 11) is 0. The average Bonchev–Trinajstić information content (AvgIpc) is 2.55. The van der Waals surface area contributed by atoms with E-state index in [0.29, 0.717) is 6.54 Å². The third-order valence-electron chi connectivity index (χ3n) is 4.38. The Hall–Kier alpha value is -1.79. The molecular formula is C17H24F2N2O2. The van der Waals surface area contributed by atoms with Crippen molar-refractivity contribution >= 4 is 5.91 Å². The Kier molecular flexibility index (Phi) is 7.32. The molecule has 0 bridgehead atoms. The van der Waals surface area contributed by atoms with E-state index in [9.17, 15) is 13.6 Å². The number of nitrogens with one attached hydrogen (secondary N) is 2. The Balaban J connectivity index is 2.82. The van der Waals surface area contributed by atoms with Crippen LogP contribution in [0, 0.1) is 17.0 Å². The summed E-state index contributed by atoms with van der Waals surface area (Å²) in [6.07, 6.45) is 4.55. The zero-order chi connectivity index (χ0) is 17.5. The van der Waals surface area contributed by atoms with Crippen molar-refractivity contribution in [3.8, 4) is 0 Å². The van der Waals surface area contributed by atoms with Gasteiger partial charge < -0.3 is 5.32 Å². The van der Waals surface area contributed by atoms with Crippen LogP contribution < -0.4 is 10.8 Å². The van der Waals surface area contributed by atoms with Crippen LogP contribution >= 0.6 is 0 Å². The van der Waals surface area contributed by atoms with E-state index < -0.39 is 17.5 Å². The van der Waals surface area contributed by atoms with E-state index >= 15 is 0 Å². The first-order valence-corrected chi connectivity index (χ1v) is 7.67. The number of hydrogen-bond donors (Lipinski definition) is 3. The van der Waals surface area contributed by atoms with Gasteiger partial charge >= 0.3 is 0 Å². The molecule has 0 spiro atoms. The Morgan fingerprint density at radius 1 is 1.30 bits per heavy atom. The Morgan fingerprint density at radius 3 is 2.30 bits per heavy atom.